The van der Waals surface area contributed by atoms with Crippen LogP contribution in [0.4, 0.5) is 0 Å². The van der Waals surface area contributed by atoms with Crippen molar-refractivity contribution in [2.24, 2.45) is 5.73 Å². The number of Topliss-reactive ketones (excluding diaryl/α,β-unsaturated/α-hetero) is 1. The number of aromatic nitrogens is 1. The number of fused-ring (bicyclic) bond motifs is 1. The summed E-state index contributed by atoms with van der Waals surface area (Å²) in [4.78, 5) is 16.7. The third kappa shape index (κ3) is 2.38. The van der Waals surface area contributed by atoms with Crippen LogP contribution in [0, 0.1) is 6.92 Å². The van der Waals surface area contributed by atoms with Crippen LogP contribution in [0.5, 0.6) is 0 Å². The van der Waals surface area contributed by atoms with E-state index >= 15 is 0 Å². The maximum atomic E-state index is 12.3. The molecule has 3 rings (SSSR count). The van der Waals surface area contributed by atoms with Crippen molar-refractivity contribution in [3.63, 3.8) is 0 Å². The minimum atomic E-state index is -0.252. The molecule has 1 aliphatic rings. The number of pyridine rings is 1. The molecule has 19 heavy (non-hydrogen) atoms. The average molecular weight is 254 g/mol. The van der Waals surface area contributed by atoms with Gasteiger partial charge < -0.3 is 5.73 Å². The van der Waals surface area contributed by atoms with E-state index in [9.17, 15) is 4.79 Å². The Hall–Kier alpha value is -1.74. The van der Waals surface area contributed by atoms with Crippen molar-refractivity contribution in [2.75, 3.05) is 0 Å². The van der Waals surface area contributed by atoms with Crippen molar-refractivity contribution in [1.82, 2.24) is 4.98 Å². The second-order valence-electron chi connectivity index (χ2n) is 5.68. The molecule has 2 N–H and O–H groups in total. The Morgan fingerprint density at radius 2 is 2.11 bits per heavy atom. The maximum Gasteiger partial charge on any atom is 0.164 e. The van der Waals surface area contributed by atoms with E-state index in [0.717, 1.165) is 41.4 Å². The van der Waals surface area contributed by atoms with E-state index in [2.05, 4.69) is 4.98 Å². The average Bonchev–Trinajstić information content (AvgIpc) is 2.36. The molecular weight excluding hydrogens is 236 g/mol. The predicted octanol–water partition coefficient (Wildman–Crippen LogP) is 3.00. The summed E-state index contributed by atoms with van der Waals surface area (Å²) in [5.41, 5.74) is 8.55. The Bertz CT molecular complexity index is 644. The summed E-state index contributed by atoms with van der Waals surface area (Å²) >= 11 is 0. The van der Waals surface area contributed by atoms with E-state index in [-0.39, 0.29) is 11.3 Å². The van der Waals surface area contributed by atoms with Gasteiger partial charge in [-0.05, 0) is 50.5 Å². The molecule has 1 saturated carbocycles. The number of hydrogen-bond donors (Lipinski definition) is 1. The number of nitrogens with zero attached hydrogens (tertiary/aromatic N) is 1. The molecule has 0 bridgehead atoms. The number of nitrogens with two attached hydrogens (primary N) is 1. The van der Waals surface area contributed by atoms with Gasteiger partial charge in [0.15, 0.2) is 5.78 Å². The largest absolute Gasteiger partial charge is 0.325 e. The molecule has 1 aliphatic carbocycles. The van der Waals surface area contributed by atoms with Crippen molar-refractivity contribution in [2.45, 2.75) is 38.1 Å². The molecule has 0 spiro atoms. The minimum Gasteiger partial charge on any atom is -0.325 e. The minimum absolute atomic E-state index is 0.143. The third-order valence-corrected chi connectivity index (χ3v) is 4.01. The lowest BCUT2D eigenvalue weighted by atomic mass is 9.74. The molecule has 1 fully saturated rings. The van der Waals surface area contributed by atoms with Gasteiger partial charge >= 0.3 is 0 Å². The summed E-state index contributed by atoms with van der Waals surface area (Å²) in [5.74, 6) is 0.143. The molecular formula is C16H18N2O. The van der Waals surface area contributed by atoms with Gasteiger partial charge in [-0.2, -0.15) is 0 Å². The molecule has 0 amide bonds. The van der Waals surface area contributed by atoms with Gasteiger partial charge in [-0.1, -0.05) is 6.07 Å². The van der Waals surface area contributed by atoms with Crippen molar-refractivity contribution in [3.8, 4) is 0 Å². The lowest BCUT2D eigenvalue weighted by Gasteiger charge is -2.37. The molecule has 0 unspecified atom stereocenters. The Labute approximate surface area is 112 Å². The van der Waals surface area contributed by atoms with Gasteiger partial charge in [0.1, 0.15) is 0 Å². The molecule has 3 heteroatoms. The molecule has 1 heterocycles. The normalized spacial score (nSPS) is 17.2. The van der Waals surface area contributed by atoms with Crippen LogP contribution in [-0.2, 0) is 0 Å². The zero-order chi connectivity index (χ0) is 13.5. The van der Waals surface area contributed by atoms with Crippen LogP contribution in [0.2, 0.25) is 0 Å². The summed E-state index contributed by atoms with van der Waals surface area (Å²) in [6.45, 7) is 1.97. The number of carbonyl (C=O) groups excluding carboxylic acids is 1. The summed E-state index contributed by atoms with van der Waals surface area (Å²) in [6.07, 6.45) is 3.53. The van der Waals surface area contributed by atoms with Crippen LogP contribution in [0.1, 0.15) is 41.7 Å². The molecule has 1 aromatic carbocycles. The highest BCUT2D eigenvalue weighted by molar-refractivity contribution is 6.00. The smallest absolute Gasteiger partial charge is 0.164 e. The van der Waals surface area contributed by atoms with Gasteiger partial charge in [0, 0.05) is 28.6 Å². The SMILES string of the molecule is Cc1ccc2cc(C(=O)CC3(N)CCC3)ccc2n1. The molecule has 2 aromatic rings. The van der Waals surface area contributed by atoms with E-state index in [4.69, 9.17) is 5.73 Å². The molecule has 0 saturated heterocycles. The number of benzene rings is 1. The van der Waals surface area contributed by atoms with E-state index in [0.29, 0.717) is 6.42 Å². The van der Waals surface area contributed by atoms with Crippen molar-refractivity contribution < 1.29 is 4.79 Å². The first-order valence-electron chi connectivity index (χ1n) is 6.75. The summed E-state index contributed by atoms with van der Waals surface area (Å²) in [5, 5.41) is 1.01. The first kappa shape index (κ1) is 12.3. The van der Waals surface area contributed by atoms with E-state index < -0.39 is 0 Å². The molecule has 98 valence electrons. The second-order valence-corrected chi connectivity index (χ2v) is 5.68. The number of ketones is 1. The third-order valence-electron chi connectivity index (χ3n) is 4.01. The summed E-state index contributed by atoms with van der Waals surface area (Å²) < 4.78 is 0. The number of aryl methyl sites for hydroxylation is 1. The Balaban J connectivity index is 1.88. The van der Waals surface area contributed by atoms with Gasteiger partial charge in [-0.15, -0.1) is 0 Å². The lowest BCUT2D eigenvalue weighted by molar-refractivity contribution is 0.0912. The second kappa shape index (κ2) is 4.42. The highest BCUT2D eigenvalue weighted by Crippen LogP contribution is 2.33. The molecule has 1 aromatic heterocycles. The fraction of sp³-hybridized carbons (Fsp3) is 0.375. The van der Waals surface area contributed by atoms with Crippen LogP contribution < -0.4 is 5.73 Å². The Kier molecular flexibility index (Phi) is 2.86. The monoisotopic (exact) mass is 254 g/mol. The summed E-state index contributed by atoms with van der Waals surface area (Å²) in [7, 11) is 0. The zero-order valence-electron chi connectivity index (χ0n) is 11.1. The molecule has 0 atom stereocenters. The van der Waals surface area contributed by atoms with Crippen molar-refractivity contribution >= 4 is 16.7 Å². The number of hydrogen-bond acceptors (Lipinski definition) is 3. The van der Waals surface area contributed by atoms with Crippen molar-refractivity contribution in [1.29, 1.82) is 0 Å². The van der Waals surface area contributed by atoms with Crippen LogP contribution in [0.25, 0.3) is 10.9 Å². The first-order valence-corrected chi connectivity index (χ1v) is 6.75. The van der Waals surface area contributed by atoms with E-state index in [1.54, 1.807) is 0 Å². The van der Waals surface area contributed by atoms with Crippen molar-refractivity contribution in [3.05, 3.63) is 41.6 Å². The lowest BCUT2D eigenvalue weighted by Crippen LogP contribution is -2.48. The quantitative estimate of drug-likeness (QED) is 0.857. The van der Waals surface area contributed by atoms with E-state index in [1.165, 1.54) is 0 Å². The Morgan fingerprint density at radius 3 is 2.79 bits per heavy atom. The van der Waals surface area contributed by atoms with Crippen LogP contribution in [0.15, 0.2) is 30.3 Å². The van der Waals surface area contributed by atoms with Gasteiger partial charge in [0.2, 0.25) is 0 Å². The number of rotatable bonds is 3. The molecule has 0 aliphatic heterocycles. The van der Waals surface area contributed by atoms with Gasteiger partial charge in [-0.3, -0.25) is 9.78 Å². The topological polar surface area (TPSA) is 56.0 Å². The standard InChI is InChI=1S/C16H18N2O/c1-11-3-4-12-9-13(5-6-14(12)18-11)15(19)10-16(17)7-2-8-16/h3-6,9H,2,7-8,10,17H2,1H3. The van der Waals surface area contributed by atoms with Crippen LogP contribution in [-0.4, -0.2) is 16.3 Å². The van der Waals surface area contributed by atoms with Gasteiger partial charge in [0.25, 0.3) is 0 Å². The molecule has 0 radical (unpaired) electrons. The van der Waals surface area contributed by atoms with Crippen LogP contribution in [0.3, 0.4) is 0 Å². The van der Waals surface area contributed by atoms with E-state index in [1.807, 2.05) is 37.3 Å². The first-order chi connectivity index (χ1) is 9.06. The fourth-order valence-electron chi connectivity index (χ4n) is 2.63. The highest BCUT2D eigenvalue weighted by atomic mass is 16.1. The summed E-state index contributed by atoms with van der Waals surface area (Å²) in [6, 6.07) is 9.67. The van der Waals surface area contributed by atoms with Crippen LogP contribution >= 0.6 is 0 Å². The van der Waals surface area contributed by atoms with Gasteiger partial charge in [-0.25, -0.2) is 0 Å². The van der Waals surface area contributed by atoms with Gasteiger partial charge in [0.05, 0.1) is 5.52 Å². The zero-order valence-corrected chi connectivity index (χ0v) is 11.1. The predicted molar refractivity (Wildman–Crippen MR) is 76.2 cm³/mol. The number of carbonyl (C=O) groups is 1. The maximum absolute atomic E-state index is 12.3. The Morgan fingerprint density at radius 1 is 1.32 bits per heavy atom. The highest BCUT2D eigenvalue weighted by Gasteiger charge is 2.34. The molecule has 3 nitrogen and oxygen atoms in total. The fourth-order valence-corrected chi connectivity index (χ4v) is 2.63.